The van der Waals surface area contributed by atoms with Crippen molar-refractivity contribution in [2.45, 2.75) is 38.6 Å². The first-order chi connectivity index (χ1) is 11.3. The van der Waals surface area contributed by atoms with Crippen LogP contribution in [0, 0.1) is 6.92 Å². The maximum Gasteiger partial charge on any atom is 0.220 e. The largest absolute Gasteiger partial charge is 0.494 e. The first kappa shape index (κ1) is 18.7. The van der Waals surface area contributed by atoms with Crippen molar-refractivity contribution in [2.24, 2.45) is 0 Å². The van der Waals surface area contributed by atoms with Gasteiger partial charge in [0.1, 0.15) is 5.75 Å². The molecule has 1 fully saturated rings. The minimum Gasteiger partial charge on any atom is -0.494 e. The summed E-state index contributed by atoms with van der Waals surface area (Å²) in [6.07, 6.45) is 3.80. The summed E-state index contributed by atoms with van der Waals surface area (Å²) in [6, 6.07) is 7.70. The molecule has 1 aliphatic heterocycles. The number of nitrogens with zero attached hydrogens (tertiary/aromatic N) is 1. The lowest BCUT2D eigenvalue weighted by Crippen LogP contribution is -2.49. The molecule has 1 saturated heterocycles. The SMILES string of the molecule is Cc1cccc(OCCCC(=O)NC2CCCN(S(C)(=O)=O)C2)c1. The molecule has 0 spiro atoms. The van der Waals surface area contributed by atoms with E-state index < -0.39 is 10.0 Å². The van der Waals surface area contributed by atoms with Crippen LogP contribution < -0.4 is 10.1 Å². The number of hydrogen-bond acceptors (Lipinski definition) is 4. The lowest BCUT2D eigenvalue weighted by Gasteiger charge is -2.31. The van der Waals surface area contributed by atoms with E-state index in [-0.39, 0.29) is 11.9 Å². The van der Waals surface area contributed by atoms with Crippen molar-refractivity contribution in [1.82, 2.24) is 9.62 Å². The van der Waals surface area contributed by atoms with Crippen molar-refractivity contribution in [1.29, 1.82) is 0 Å². The van der Waals surface area contributed by atoms with Crippen LogP contribution in [0.4, 0.5) is 0 Å². The minimum absolute atomic E-state index is 0.0526. The maximum absolute atomic E-state index is 12.0. The third-order valence-electron chi connectivity index (χ3n) is 4.02. The van der Waals surface area contributed by atoms with Gasteiger partial charge in [0, 0.05) is 25.6 Å². The van der Waals surface area contributed by atoms with Gasteiger partial charge in [-0.15, -0.1) is 0 Å². The Morgan fingerprint density at radius 1 is 1.42 bits per heavy atom. The molecule has 24 heavy (non-hydrogen) atoms. The number of nitrogens with one attached hydrogen (secondary N) is 1. The average molecular weight is 354 g/mol. The van der Waals surface area contributed by atoms with E-state index in [9.17, 15) is 13.2 Å². The number of aryl methyl sites for hydroxylation is 1. The van der Waals surface area contributed by atoms with Crippen LogP contribution in [0.2, 0.25) is 0 Å². The van der Waals surface area contributed by atoms with Crippen molar-refractivity contribution in [2.75, 3.05) is 26.0 Å². The molecular formula is C17H26N2O4S. The predicted octanol–water partition coefficient (Wildman–Crippen LogP) is 1.69. The second kappa shape index (κ2) is 8.48. The highest BCUT2D eigenvalue weighted by Gasteiger charge is 2.26. The molecule has 1 aromatic carbocycles. The van der Waals surface area contributed by atoms with E-state index in [2.05, 4.69) is 5.32 Å². The molecule has 0 aromatic heterocycles. The monoisotopic (exact) mass is 354 g/mol. The summed E-state index contributed by atoms with van der Waals surface area (Å²) in [6.45, 7) is 3.39. The highest BCUT2D eigenvalue weighted by atomic mass is 32.2. The molecule has 2 rings (SSSR count). The zero-order chi connectivity index (χ0) is 17.6. The van der Waals surface area contributed by atoms with E-state index in [0.29, 0.717) is 32.5 Å². The van der Waals surface area contributed by atoms with Gasteiger partial charge in [-0.05, 0) is 43.9 Å². The molecule has 6 nitrogen and oxygen atoms in total. The van der Waals surface area contributed by atoms with Gasteiger partial charge >= 0.3 is 0 Å². The van der Waals surface area contributed by atoms with E-state index in [1.54, 1.807) is 0 Å². The minimum atomic E-state index is -3.19. The van der Waals surface area contributed by atoms with Crippen LogP contribution in [0.15, 0.2) is 24.3 Å². The Balaban J connectivity index is 1.68. The van der Waals surface area contributed by atoms with E-state index in [1.165, 1.54) is 10.6 Å². The molecule has 1 amide bonds. The van der Waals surface area contributed by atoms with Gasteiger partial charge in [-0.1, -0.05) is 12.1 Å². The van der Waals surface area contributed by atoms with Gasteiger partial charge in [0.25, 0.3) is 0 Å². The molecule has 134 valence electrons. The molecular weight excluding hydrogens is 328 g/mol. The van der Waals surface area contributed by atoms with Gasteiger partial charge in [0.05, 0.1) is 12.9 Å². The number of benzene rings is 1. The summed E-state index contributed by atoms with van der Waals surface area (Å²) in [5, 5.41) is 2.93. The second-order valence-corrected chi connectivity index (χ2v) is 8.28. The normalized spacial score (nSPS) is 19.0. The summed E-state index contributed by atoms with van der Waals surface area (Å²) in [5.41, 5.74) is 1.14. The second-order valence-electron chi connectivity index (χ2n) is 6.30. The number of carbonyl (C=O) groups is 1. The fourth-order valence-corrected chi connectivity index (χ4v) is 3.70. The fraction of sp³-hybridized carbons (Fsp3) is 0.588. The number of piperidine rings is 1. The lowest BCUT2D eigenvalue weighted by molar-refractivity contribution is -0.122. The molecule has 0 radical (unpaired) electrons. The highest BCUT2D eigenvalue weighted by molar-refractivity contribution is 7.88. The summed E-state index contributed by atoms with van der Waals surface area (Å²) >= 11 is 0. The zero-order valence-corrected chi connectivity index (χ0v) is 15.1. The van der Waals surface area contributed by atoms with Crippen LogP contribution in [0.3, 0.4) is 0 Å². The number of amides is 1. The molecule has 7 heteroatoms. The van der Waals surface area contributed by atoms with Crippen molar-refractivity contribution >= 4 is 15.9 Å². The Kier molecular flexibility index (Phi) is 6.62. The first-order valence-corrected chi connectivity index (χ1v) is 10.1. The van der Waals surface area contributed by atoms with E-state index in [4.69, 9.17) is 4.74 Å². The molecule has 1 N–H and O–H groups in total. The summed E-state index contributed by atoms with van der Waals surface area (Å²) in [4.78, 5) is 12.0. The number of rotatable bonds is 7. The van der Waals surface area contributed by atoms with Gasteiger partial charge in [-0.3, -0.25) is 4.79 Å². The third kappa shape index (κ3) is 6.13. The summed E-state index contributed by atoms with van der Waals surface area (Å²) in [5.74, 6) is 0.759. The van der Waals surface area contributed by atoms with Crippen LogP contribution in [0.25, 0.3) is 0 Å². The van der Waals surface area contributed by atoms with E-state index in [1.807, 2.05) is 31.2 Å². The Morgan fingerprint density at radius 2 is 2.21 bits per heavy atom. The molecule has 0 saturated carbocycles. The van der Waals surface area contributed by atoms with E-state index in [0.717, 1.165) is 24.2 Å². The predicted molar refractivity (Wildman–Crippen MR) is 93.5 cm³/mol. The first-order valence-electron chi connectivity index (χ1n) is 8.28. The van der Waals surface area contributed by atoms with Crippen molar-refractivity contribution in [3.8, 4) is 5.75 Å². The summed E-state index contributed by atoms with van der Waals surface area (Å²) < 4.78 is 30.2. The van der Waals surface area contributed by atoms with Crippen LogP contribution >= 0.6 is 0 Å². The number of carbonyl (C=O) groups excluding carboxylic acids is 1. The van der Waals surface area contributed by atoms with E-state index >= 15 is 0 Å². The van der Waals surface area contributed by atoms with Gasteiger partial charge in [0.15, 0.2) is 0 Å². The Morgan fingerprint density at radius 3 is 2.92 bits per heavy atom. The smallest absolute Gasteiger partial charge is 0.220 e. The Labute approximate surface area is 144 Å². The van der Waals surface area contributed by atoms with Crippen LogP contribution in [-0.4, -0.2) is 50.6 Å². The molecule has 1 atom stereocenters. The van der Waals surface area contributed by atoms with Gasteiger partial charge in [0.2, 0.25) is 15.9 Å². The van der Waals surface area contributed by atoms with Crippen LogP contribution in [-0.2, 0) is 14.8 Å². The Hall–Kier alpha value is -1.60. The molecule has 1 unspecified atom stereocenters. The highest BCUT2D eigenvalue weighted by Crippen LogP contribution is 2.14. The van der Waals surface area contributed by atoms with Gasteiger partial charge in [-0.25, -0.2) is 12.7 Å². The number of sulfonamides is 1. The average Bonchev–Trinajstić information content (AvgIpc) is 2.51. The number of ether oxygens (including phenoxy) is 1. The molecule has 0 aliphatic carbocycles. The van der Waals surface area contributed by atoms with Gasteiger partial charge < -0.3 is 10.1 Å². The van der Waals surface area contributed by atoms with Crippen molar-refractivity contribution in [3.63, 3.8) is 0 Å². The molecule has 1 aromatic rings. The Bertz CT molecular complexity index is 660. The fourth-order valence-electron chi connectivity index (χ4n) is 2.79. The zero-order valence-electron chi connectivity index (χ0n) is 14.3. The third-order valence-corrected chi connectivity index (χ3v) is 5.29. The topological polar surface area (TPSA) is 75.7 Å². The molecule has 0 bridgehead atoms. The lowest BCUT2D eigenvalue weighted by atomic mass is 10.1. The number of hydrogen-bond donors (Lipinski definition) is 1. The maximum atomic E-state index is 12.0. The quantitative estimate of drug-likeness (QED) is 0.756. The summed E-state index contributed by atoms with van der Waals surface area (Å²) in [7, 11) is -3.19. The van der Waals surface area contributed by atoms with Crippen molar-refractivity contribution in [3.05, 3.63) is 29.8 Å². The molecule has 1 aliphatic rings. The van der Waals surface area contributed by atoms with Gasteiger partial charge in [-0.2, -0.15) is 0 Å². The van der Waals surface area contributed by atoms with Crippen LogP contribution in [0.1, 0.15) is 31.2 Å². The van der Waals surface area contributed by atoms with Crippen molar-refractivity contribution < 1.29 is 17.9 Å². The standard InChI is InChI=1S/C17H26N2O4S/c1-14-6-3-8-16(12-14)23-11-5-9-17(20)18-15-7-4-10-19(13-15)24(2,21)22/h3,6,8,12,15H,4-5,7,9-11,13H2,1-2H3,(H,18,20). The van der Waals surface area contributed by atoms with Crippen LogP contribution in [0.5, 0.6) is 5.75 Å². The molecule has 1 heterocycles.